The van der Waals surface area contributed by atoms with E-state index in [-0.39, 0.29) is 10.4 Å². The van der Waals surface area contributed by atoms with Crippen LogP contribution in [0.25, 0.3) is 0 Å². The quantitative estimate of drug-likeness (QED) is 0.458. The summed E-state index contributed by atoms with van der Waals surface area (Å²) in [6, 6.07) is 4.67. The minimum absolute atomic E-state index is 0.0826. The highest BCUT2D eigenvalue weighted by Gasteiger charge is 2.58. The van der Waals surface area contributed by atoms with Gasteiger partial charge in [-0.3, -0.25) is 4.57 Å². The van der Waals surface area contributed by atoms with Crippen LogP contribution in [0.15, 0.2) is 18.2 Å². The van der Waals surface area contributed by atoms with Gasteiger partial charge in [0.15, 0.2) is 5.40 Å². The van der Waals surface area contributed by atoms with Gasteiger partial charge in [0.1, 0.15) is 0 Å². The summed E-state index contributed by atoms with van der Waals surface area (Å²) in [4.78, 5) is 0. The minimum atomic E-state index is -3.76. The first-order valence-electron chi connectivity index (χ1n) is 5.95. The van der Waals surface area contributed by atoms with Gasteiger partial charge in [0.05, 0.1) is 21.3 Å². The third-order valence-electron chi connectivity index (χ3n) is 2.89. The van der Waals surface area contributed by atoms with Crippen LogP contribution >= 0.6 is 38.7 Å². The van der Waals surface area contributed by atoms with Crippen LogP contribution in [-0.2, 0) is 27.2 Å². The molecule has 0 aliphatic heterocycles. The van der Waals surface area contributed by atoms with Gasteiger partial charge in [-0.25, -0.2) is 0 Å². The van der Waals surface area contributed by atoms with Crippen LogP contribution in [-0.4, -0.2) is 35.5 Å². The lowest BCUT2D eigenvalue weighted by Gasteiger charge is -2.34. The molecule has 0 saturated carbocycles. The van der Waals surface area contributed by atoms with E-state index in [1.807, 2.05) is 0 Å². The normalized spacial score (nSPS) is 12.5. The first-order chi connectivity index (χ1) is 10.3. The molecule has 0 N–H and O–H groups in total. The molecule has 126 valence electrons. The highest BCUT2D eigenvalue weighted by molar-refractivity contribution is 7.81. The van der Waals surface area contributed by atoms with E-state index in [0.717, 1.165) is 0 Å². The van der Waals surface area contributed by atoms with Crippen molar-refractivity contribution in [3.05, 3.63) is 39.2 Å². The van der Waals surface area contributed by atoms with Gasteiger partial charge in [0.2, 0.25) is 0 Å². The average molecular weight is 391 g/mol. The largest absolute Gasteiger partial charge is 0.400 e. The summed E-state index contributed by atoms with van der Waals surface area (Å²) in [5.41, 5.74) is 0.358. The van der Waals surface area contributed by atoms with E-state index in [9.17, 15) is 4.57 Å². The predicted molar refractivity (Wildman–Crippen MR) is 88.4 cm³/mol. The van der Waals surface area contributed by atoms with Gasteiger partial charge in [-0.1, -0.05) is 28.8 Å². The van der Waals surface area contributed by atoms with Gasteiger partial charge in [-0.2, -0.15) is 31.2 Å². The monoisotopic (exact) mass is 390 g/mol. The fourth-order valence-electron chi connectivity index (χ4n) is 1.85. The highest BCUT2D eigenvalue weighted by atomic mass is 35.5. The van der Waals surface area contributed by atoms with Gasteiger partial charge in [-0.05, 0) is 0 Å². The van der Waals surface area contributed by atoms with Crippen molar-refractivity contribution in [1.82, 2.24) is 0 Å². The molecule has 0 atom stereocenters. The Morgan fingerprint density at radius 3 is 1.86 bits per heavy atom. The molecule has 0 bridgehead atoms. The van der Waals surface area contributed by atoms with Crippen molar-refractivity contribution in [3.63, 3.8) is 0 Å². The molecule has 22 heavy (non-hydrogen) atoms. The fraction of sp³-hybridized carbons (Fsp3) is 0.417. The van der Waals surface area contributed by atoms with Crippen molar-refractivity contribution in [1.29, 1.82) is 0 Å². The molecule has 0 saturated heterocycles. The number of hydrogen-bond acceptors (Lipinski definition) is 6. The second kappa shape index (κ2) is 8.29. The molecule has 0 fully saturated rings. The fourth-order valence-corrected chi connectivity index (χ4v) is 7.35. The van der Waals surface area contributed by atoms with Gasteiger partial charge >= 0.3 is 15.5 Å². The lowest BCUT2D eigenvalue weighted by atomic mass is 10.2. The molecular formula is C12H18Cl2O6P2. The molecule has 0 radical (unpaired) electrons. The SMILES string of the molecule is COP(=O)(OC)[C-](c1ccc(Cl)cc1Cl)[P+](OC)(OC)OC. The second-order valence-electron chi connectivity index (χ2n) is 3.86. The van der Waals surface area contributed by atoms with Crippen LogP contribution in [0.2, 0.25) is 10.0 Å². The van der Waals surface area contributed by atoms with E-state index in [1.54, 1.807) is 12.1 Å². The average Bonchev–Trinajstić information content (AvgIpc) is 2.53. The Labute approximate surface area is 141 Å². The Balaban J connectivity index is 3.63. The Hall–Kier alpha value is 0.130. The van der Waals surface area contributed by atoms with Crippen molar-refractivity contribution in [2.24, 2.45) is 0 Å². The summed E-state index contributed by atoms with van der Waals surface area (Å²) < 4.78 is 39.4. The zero-order chi connectivity index (χ0) is 17.0. The van der Waals surface area contributed by atoms with Crippen LogP contribution in [0.4, 0.5) is 0 Å². The molecular weight excluding hydrogens is 373 g/mol. The maximum Gasteiger partial charge on any atom is 0.400 e. The summed E-state index contributed by atoms with van der Waals surface area (Å²) in [5, 5.41) is 0.750. The van der Waals surface area contributed by atoms with Gasteiger partial charge in [-0.15, -0.1) is 5.56 Å². The first-order valence-corrected chi connectivity index (χ1v) is 9.79. The van der Waals surface area contributed by atoms with Crippen LogP contribution in [0.5, 0.6) is 0 Å². The zero-order valence-corrected chi connectivity index (χ0v) is 16.1. The molecule has 0 aliphatic carbocycles. The van der Waals surface area contributed by atoms with E-state index in [4.69, 9.17) is 45.8 Å². The summed E-state index contributed by atoms with van der Waals surface area (Å²) in [6.07, 6.45) is 0. The molecule has 6 nitrogen and oxygen atoms in total. The molecule has 10 heteroatoms. The first kappa shape index (κ1) is 20.2. The third kappa shape index (κ3) is 3.78. The minimum Gasteiger partial charge on any atom is -0.315 e. The van der Waals surface area contributed by atoms with E-state index < -0.39 is 15.5 Å². The van der Waals surface area contributed by atoms with Crippen LogP contribution in [0.1, 0.15) is 5.56 Å². The highest BCUT2D eigenvalue weighted by Crippen LogP contribution is 2.83. The Kier molecular flexibility index (Phi) is 7.61. The molecule has 0 unspecified atom stereocenters. The number of benzene rings is 1. The predicted octanol–water partition coefficient (Wildman–Crippen LogP) is 5.02. The summed E-state index contributed by atoms with van der Waals surface area (Å²) in [6.45, 7) is 0. The van der Waals surface area contributed by atoms with Crippen molar-refractivity contribution in [3.8, 4) is 0 Å². The molecule has 1 aromatic carbocycles. The van der Waals surface area contributed by atoms with Crippen molar-refractivity contribution in [2.75, 3.05) is 35.5 Å². The third-order valence-corrected chi connectivity index (χ3v) is 8.83. The van der Waals surface area contributed by atoms with E-state index >= 15 is 0 Å². The van der Waals surface area contributed by atoms with Crippen LogP contribution in [0, 0.1) is 5.40 Å². The maximum absolute atomic E-state index is 13.0. The molecule has 0 aromatic heterocycles. The Bertz CT molecular complexity index is 536. The van der Waals surface area contributed by atoms with Gasteiger partial charge < -0.3 is 9.05 Å². The number of rotatable bonds is 8. The lowest BCUT2D eigenvalue weighted by molar-refractivity contribution is 0.211. The Morgan fingerprint density at radius 1 is 1.00 bits per heavy atom. The van der Waals surface area contributed by atoms with Crippen molar-refractivity contribution >= 4 is 38.7 Å². The van der Waals surface area contributed by atoms with Gasteiger partial charge in [0.25, 0.3) is 0 Å². The topological polar surface area (TPSA) is 63.2 Å². The van der Waals surface area contributed by atoms with E-state index in [2.05, 4.69) is 0 Å². The van der Waals surface area contributed by atoms with Gasteiger partial charge in [0, 0.05) is 19.2 Å². The molecule has 1 rings (SSSR count). The molecule has 0 aliphatic rings. The zero-order valence-electron chi connectivity index (χ0n) is 12.8. The van der Waals surface area contributed by atoms with Crippen molar-refractivity contribution in [2.45, 2.75) is 0 Å². The number of halogens is 2. The summed E-state index contributed by atoms with van der Waals surface area (Å²) in [5.74, 6) is 0. The standard InChI is InChI=1S/C12H18Cl2O6P2/c1-16-21(15,17-2)12(22(18-3,19-4)20-5)10-7-6-9(13)8-11(10)14/h6-8H,1-5H3. The van der Waals surface area contributed by atoms with E-state index in [1.165, 1.54) is 41.6 Å². The van der Waals surface area contributed by atoms with Crippen molar-refractivity contribution < 1.29 is 27.2 Å². The smallest absolute Gasteiger partial charge is 0.315 e. The molecule has 0 spiro atoms. The maximum atomic E-state index is 13.0. The molecule has 1 aromatic rings. The molecule has 0 heterocycles. The summed E-state index contributed by atoms with van der Waals surface area (Å²) >= 11 is 12.1. The lowest BCUT2D eigenvalue weighted by Crippen LogP contribution is -2.15. The van der Waals surface area contributed by atoms with Crippen LogP contribution in [0.3, 0.4) is 0 Å². The Morgan fingerprint density at radius 2 is 1.50 bits per heavy atom. The van der Waals surface area contributed by atoms with Crippen LogP contribution < -0.4 is 0 Å². The molecule has 0 amide bonds. The number of hydrogen-bond donors (Lipinski definition) is 0. The van der Waals surface area contributed by atoms with E-state index in [0.29, 0.717) is 10.6 Å². The summed E-state index contributed by atoms with van der Waals surface area (Å²) in [7, 11) is -0.321. The second-order valence-corrected chi connectivity index (χ2v) is 9.76.